The molecule has 0 saturated heterocycles. The van der Waals surface area contributed by atoms with E-state index >= 15 is 0 Å². The lowest BCUT2D eigenvalue weighted by molar-refractivity contribution is 0.0962. The Hall–Kier alpha value is -1.80. The van der Waals surface area contributed by atoms with Gasteiger partial charge in [0, 0.05) is 17.0 Å². The smallest absolute Gasteiger partial charge is 0.166 e. The summed E-state index contributed by atoms with van der Waals surface area (Å²) in [5, 5.41) is 0.632. The van der Waals surface area contributed by atoms with Crippen molar-refractivity contribution < 1.29 is 9.53 Å². The van der Waals surface area contributed by atoms with Crippen molar-refractivity contribution in [1.82, 2.24) is 0 Å². The Kier molecular flexibility index (Phi) is 4.37. The van der Waals surface area contributed by atoms with Gasteiger partial charge in [0.05, 0.1) is 6.61 Å². The second-order valence-corrected chi connectivity index (χ2v) is 4.28. The van der Waals surface area contributed by atoms with E-state index in [4.69, 9.17) is 16.3 Å². The molecular weight excluding hydrogens is 248 g/mol. The van der Waals surface area contributed by atoms with E-state index in [-0.39, 0.29) is 5.78 Å². The average Bonchev–Trinajstić information content (AvgIpc) is 2.40. The number of hydrogen-bond donors (Lipinski definition) is 0. The van der Waals surface area contributed by atoms with Crippen LogP contribution in [-0.2, 0) is 0 Å². The van der Waals surface area contributed by atoms with Crippen molar-refractivity contribution in [3.05, 3.63) is 65.2 Å². The van der Waals surface area contributed by atoms with Crippen molar-refractivity contribution in [3.63, 3.8) is 0 Å². The van der Waals surface area contributed by atoms with Crippen LogP contribution in [0.1, 0.15) is 16.8 Å². The predicted octanol–water partition coefficient (Wildman–Crippen LogP) is 3.99. The highest BCUT2D eigenvalue weighted by molar-refractivity contribution is 6.30. The van der Waals surface area contributed by atoms with E-state index < -0.39 is 0 Å². The minimum Gasteiger partial charge on any atom is -0.493 e. The Bertz CT molecular complexity index is 506. The summed E-state index contributed by atoms with van der Waals surface area (Å²) in [6.45, 7) is 0.380. The third-order valence-corrected chi connectivity index (χ3v) is 2.76. The van der Waals surface area contributed by atoms with Crippen LogP contribution in [0.25, 0.3) is 0 Å². The Balaban J connectivity index is 1.84. The third-order valence-electron chi connectivity index (χ3n) is 2.51. The Labute approximate surface area is 111 Å². The van der Waals surface area contributed by atoms with E-state index in [2.05, 4.69) is 0 Å². The lowest BCUT2D eigenvalue weighted by Crippen LogP contribution is -2.06. The topological polar surface area (TPSA) is 26.3 Å². The molecule has 0 unspecified atom stereocenters. The van der Waals surface area contributed by atoms with Crippen molar-refractivity contribution in [3.8, 4) is 5.75 Å². The van der Waals surface area contributed by atoms with E-state index in [1.54, 1.807) is 24.3 Å². The first-order chi connectivity index (χ1) is 8.75. The molecule has 2 aromatic rings. The van der Waals surface area contributed by atoms with Crippen LogP contribution in [-0.4, -0.2) is 12.4 Å². The molecule has 0 atom stereocenters. The molecule has 0 heterocycles. The quantitative estimate of drug-likeness (QED) is 0.760. The highest BCUT2D eigenvalue weighted by Gasteiger charge is 2.05. The molecule has 0 aliphatic carbocycles. The van der Waals surface area contributed by atoms with Crippen LogP contribution in [0.15, 0.2) is 54.6 Å². The van der Waals surface area contributed by atoms with Crippen LogP contribution in [0.4, 0.5) is 0 Å². The van der Waals surface area contributed by atoms with Crippen molar-refractivity contribution in [2.24, 2.45) is 0 Å². The molecule has 0 radical (unpaired) electrons. The molecule has 2 rings (SSSR count). The normalized spacial score (nSPS) is 10.1. The molecule has 2 aromatic carbocycles. The molecule has 2 nitrogen and oxygen atoms in total. The molecule has 92 valence electrons. The van der Waals surface area contributed by atoms with Gasteiger partial charge < -0.3 is 4.74 Å². The largest absolute Gasteiger partial charge is 0.493 e. The monoisotopic (exact) mass is 260 g/mol. The summed E-state index contributed by atoms with van der Waals surface area (Å²) in [4.78, 5) is 11.8. The number of carbonyl (C=O) groups is 1. The first-order valence-corrected chi connectivity index (χ1v) is 6.10. The molecule has 0 N–H and O–H groups in total. The van der Waals surface area contributed by atoms with Gasteiger partial charge in [0.15, 0.2) is 5.78 Å². The van der Waals surface area contributed by atoms with Crippen LogP contribution >= 0.6 is 11.6 Å². The zero-order valence-electron chi connectivity index (χ0n) is 9.80. The molecule has 0 aromatic heterocycles. The molecule has 0 amide bonds. The first kappa shape index (κ1) is 12.7. The summed E-state index contributed by atoms with van der Waals surface area (Å²) in [6.07, 6.45) is 0.358. The van der Waals surface area contributed by atoms with E-state index in [0.717, 1.165) is 5.75 Å². The molecule has 0 spiro atoms. The number of Topliss-reactive ketones (excluding diaryl/α,β-unsaturated/α-hetero) is 1. The molecule has 0 fully saturated rings. The van der Waals surface area contributed by atoms with Gasteiger partial charge in [0.25, 0.3) is 0 Å². The molecule has 18 heavy (non-hydrogen) atoms. The van der Waals surface area contributed by atoms with Crippen LogP contribution in [0.2, 0.25) is 5.02 Å². The lowest BCUT2D eigenvalue weighted by Gasteiger charge is -2.05. The molecule has 3 heteroatoms. The minimum atomic E-state index is 0.0580. The zero-order valence-corrected chi connectivity index (χ0v) is 10.6. The molecule has 0 aliphatic heterocycles. The SMILES string of the molecule is O=C(CCOc1ccccc1)c1ccc(Cl)cc1. The first-order valence-electron chi connectivity index (χ1n) is 5.72. The van der Waals surface area contributed by atoms with Crippen molar-refractivity contribution >= 4 is 17.4 Å². The van der Waals surface area contributed by atoms with Gasteiger partial charge in [-0.2, -0.15) is 0 Å². The second-order valence-electron chi connectivity index (χ2n) is 3.84. The van der Waals surface area contributed by atoms with E-state index in [0.29, 0.717) is 23.6 Å². The molecule has 0 bridgehead atoms. The van der Waals surface area contributed by atoms with Crippen molar-refractivity contribution in [1.29, 1.82) is 0 Å². The number of hydrogen-bond acceptors (Lipinski definition) is 2. The average molecular weight is 261 g/mol. The Morgan fingerprint density at radius 2 is 1.67 bits per heavy atom. The van der Waals surface area contributed by atoms with Crippen molar-refractivity contribution in [2.75, 3.05) is 6.61 Å². The van der Waals surface area contributed by atoms with Gasteiger partial charge in [-0.25, -0.2) is 0 Å². The lowest BCUT2D eigenvalue weighted by atomic mass is 10.1. The van der Waals surface area contributed by atoms with E-state index in [1.807, 2.05) is 30.3 Å². The third kappa shape index (κ3) is 3.60. The maximum absolute atomic E-state index is 11.8. The van der Waals surface area contributed by atoms with Crippen LogP contribution in [0, 0.1) is 0 Å². The van der Waals surface area contributed by atoms with Gasteiger partial charge >= 0.3 is 0 Å². The van der Waals surface area contributed by atoms with Gasteiger partial charge in [-0.05, 0) is 36.4 Å². The summed E-state index contributed by atoms with van der Waals surface area (Å²) in [6, 6.07) is 16.3. The standard InChI is InChI=1S/C15H13ClO2/c16-13-8-6-12(7-9-13)15(17)10-11-18-14-4-2-1-3-5-14/h1-9H,10-11H2. The minimum absolute atomic E-state index is 0.0580. The fourth-order valence-corrected chi connectivity index (χ4v) is 1.68. The number of halogens is 1. The molecular formula is C15H13ClO2. The van der Waals surface area contributed by atoms with Gasteiger partial charge in [-0.3, -0.25) is 4.79 Å². The summed E-state index contributed by atoms with van der Waals surface area (Å²) >= 11 is 5.76. The summed E-state index contributed by atoms with van der Waals surface area (Å²) in [5.41, 5.74) is 0.663. The number of rotatable bonds is 5. The van der Waals surface area contributed by atoms with Gasteiger partial charge in [-0.1, -0.05) is 29.8 Å². The maximum atomic E-state index is 11.8. The summed E-state index contributed by atoms with van der Waals surface area (Å²) in [5.74, 6) is 0.837. The van der Waals surface area contributed by atoms with Crippen LogP contribution in [0.3, 0.4) is 0 Å². The number of ketones is 1. The Morgan fingerprint density at radius 1 is 1.00 bits per heavy atom. The van der Waals surface area contributed by atoms with Crippen LogP contribution in [0.5, 0.6) is 5.75 Å². The number of para-hydroxylation sites is 1. The van der Waals surface area contributed by atoms with Gasteiger partial charge in [0.2, 0.25) is 0 Å². The predicted molar refractivity (Wildman–Crippen MR) is 72.3 cm³/mol. The van der Waals surface area contributed by atoms with E-state index in [9.17, 15) is 4.79 Å². The molecule has 0 aliphatic rings. The molecule has 0 saturated carbocycles. The van der Waals surface area contributed by atoms with Crippen LogP contribution < -0.4 is 4.74 Å². The second kappa shape index (κ2) is 6.22. The number of carbonyl (C=O) groups excluding carboxylic acids is 1. The Morgan fingerprint density at radius 3 is 2.33 bits per heavy atom. The summed E-state index contributed by atoms with van der Waals surface area (Å²) < 4.78 is 5.47. The van der Waals surface area contributed by atoms with Gasteiger partial charge in [0.1, 0.15) is 5.75 Å². The number of benzene rings is 2. The number of ether oxygens (including phenoxy) is 1. The fraction of sp³-hybridized carbons (Fsp3) is 0.133. The highest BCUT2D eigenvalue weighted by Crippen LogP contribution is 2.12. The van der Waals surface area contributed by atoms with Crippen molar-refractivity contribution in [2.45, 2.75) is 6.42 Å². The highest BCUT2D eigenvalue weighted by atomic mass is 35.5. The fourth-order valence-electron chi connectivity index (χ4n) is 1.56. The van der Waals surface area contributed by atoms with Gasteiger partial charge in [-0.15, -0.1) is 0 Å². The van der Waals surface area contributed by atoms with E-state index in [1.165, 1.54) is 0 Å². The maximum Gasteiger partial charge on any atom is 0.166 e. The summed E-state index contributed by atoms with van der Waals surface area (Å²) in [7, 11) is 0. The zero-order chi connectivity index (χ0) is 12.8.